The maximum absolute atomic E-state index is 6.28. The van der Waals surface area contributed by atoms with E-state index in [1.54, 1.807) is 0 Å². The summed E-state index contributed by atoms with van der Waals surface area (Å²) in [6, 6.07) is 14.2. The van der Waals surface area contributed by atoms with E-state index in [4.69, 9.17) is 16.0 Å². The summed E-state index contributed by atoms with van der Waals surface area (Å²) in [5.74, 6) is 1.03. The van der Waals surface area contributed by atoms with Gasteiger partial charge in [-0.1, -0.05) is 42.8 Å². The van der Waals surface area contributed by atoms with Crippen molar-refractivity contribution in [3.05, 3.63) is 64.4 Å². The van der Waals surface area contributed by atoms with Gasteiger partial charge < -0.3 is 9.73 Å². The standard InChI is InChI=1S/C18H18ClNO/c1-3-17-14(13-6-4-5-7-18(13)21-17)11-20-16-9-8-12(2)10-15(16)19/h4-10,20H,3,11H2,1-2H3. The molecule has 1 aromatic heterocycles. The molecule has 3 rings (SSSR count). The van der Waals surface area contributed by atoms with Crippen molar-refractivity contribution in [2.75, 3.05) is 5.32 Å². The van der Waals surface area contributed by atoms with Gasteiger partial charge in [0, 0.05) is 23.9 Å². The number of rotatable bonds is 4. The molecule has 0 aliphatic rings. The average Bonchev–Trinajstić information content (AvgIpc) is 2.84. The Labute approximate surface area is 129 Å². The predicted molar refractivity (Wildman–Crippen MR) is 89.1 cm³/mol. The SMILES string of the molecule is CCc1oc2ccccc2c1CNc1ccc(C)cc1Cl. The van der Waals surface area contributed by atoms with Crippen LogP contribution >= 0.6 is 11.6 Å². The highest BCUT2D eigenvalue weighted by molar-refractivity contribution is 6.33. The molecule has 2 nitrogen and oxygen atoms in total. The van der Waals surface area contributed by atoms with Gasteiger partial charge in [0.1, 0.15) is 11.3 Å². The number of hydrogen-bond acceptors (Lipinski definition) is 2. The molecule has 0 saturated carbocycles. The van der Waals surface area contributed by atoms with Gasteiger partial charge in [0.25, 0.3) is 0 Å². The molecule has 2 aromatic carbocycles. The first-order valence-electron chi connectivity index (χ1n) is 7.18. The smallest absolute Gasteiger partial charge is 0.134 e. The topological polar surface area (TPSA) is 25.2 Å². The molecule has 0 unspecified atom stereocenters. The zero-order valence-corrected chi connectivity index (χ0v) is 13.0. The summed E-state index contributed by atoms with van der Waals surface area (Å²) < 4.78 is 5.91. The summed E-state index contributed by atoms with van der Waals surface area (Å²) in [4.78, 5) is 0. The van der Waals surface area contributed by atoms with E-state index in [1.165, 1.54) is 10.9 Å². The van der Waals surface area contributed by atoms with Crippen LogP contribution in [-0.2, 0) is 13.0 Å². The quantitative estimate of drug-likeness (QED) is 0.681. The van der Waals surface area contributed by atoms with E-state index in [0.29, 0.717) is 6.54 Å². The van der Waals surface area contributed by atoms with E-state index < -0.39 is 0 Å². The first-order chi connectivity index (χ1) is 10.2. The number of para-hydroxylation sites is 1. The molecular formula is C18H18ClNO. The lowest BCUT2D eigenvalue weighted by Crippen LogP contribution is -2.01. The van der Waals surface area contributed by atoms with Crippen molar-refractivity contribution < 1.29 is 4.42 Å². The first-order valence-corrected chi connectivity index (χ1v) is 7.56. The molecule has 0 bridgehead atoms. The van der Waals surface area contributed by atoms with E-state index >= 15 is 0 Å². The van der Waals surface area contributed by atoms with Crippen molar-refractivity contribution in [1.29, 1.82) is 0 Å². The van der Waals surface area contributed by atoms with Crippen LogP contribution in [0.4, 0.5) is 5.69 Å². The Hall–Kier alpha value is -1.93. The van der Waals surface area contributed by atoms with Gasteiger partial charge in [0.15, 0.2) is 0 Å². The van der Waals surface area contributed by atoms with Crippen LogP contribution in [0.5, 0.6) is 0 Å². The van der Waals surface area contributed by atoms with Crippen LogP contribution in [-0.4, -0.2) is 0 Å². The molecule has 21 heavy (non-hydrogen) atoms. The van der Waals surface area contributed by atoms with Crippen molar-refractivity contribution in [3.8, 4) is 0 Å². The van der Waals surface area contributed by atoms with Crippen LogP contribution in [0.15, 0.2) is 46.9 Å². The first kappa shape index (κ1) is 14.0. The van der Waals surface area contributed by atoms with Crippen LogP contribution in [0, 0.1) is 6.92 Å². The maximum atomic E-state index is 6.28. The third kappa shape index (κ3) is 2.77. The lowest BCUT2D eigenvalue weighted by molar-refractivity contribution is 0.551. The van der Waals surface area contributed by atoms with Gasteiger partial charge in [0.05, 0.1) is 10.7 Å². The number of fused-ring (bicyclic) bond motifs is 1. The van der Waals surface area contributed by atoms with Crippen LogP contribution in [0.2, 0.25) is 5.02 Å². The second-order valence-electron chi connectivity index (χ2n) is 5.19. The highest BCUT2D eigenvalue weighted by Gasteiger charge is 2.12. The number of furan rings is 1. The monoisotopic (exact) mass is 299 g/mol. The summed E-state index contributed by atoms with van der Waals surface area (Å²) in [6.07, 6.45) is 0.882. The van der Waals surface area contributed by atoms with Crippen molar-refractivity contribution in [1.82, 2.24) is 0 Å². The van der Waals surface area contributed by atoms with Gasteiger partial charge in [-0.3, -0.25) is 0 Å². The van der Waals surface area contributed by atoms with Gasteiger partial charge in [0.2, 0.25) is 0 Å². The van der Waals surface area contributed by atoms with Gasteiger partial charge in [-0.15, -0.1) is 0 Å². The minimum absolute atomic E-state index is 0.711. The molecule has 3 heteroatoms. The summed E-state index contributed by atoms with van der Waals surface area (Å²) in [6.45, 7) is 4.86. The molecule has 0 amide bonds. The van der Waals surface area contributed by atoms with Crippen LogP contribution in [0.25, 0.3) is 11.0 Å². The Morgan fingerprint density at radius 2 is 1.95 bits per heavy atom. The second kappa shape index (κ2) is 5.82. The van der Waals surface area contributed by atoms with Crippen LogP contribution in [0.3, 0.4) is 0 Å². The number of benzene rings is 2. The van der Waals surface area contributed by atoms with Crippen molar-refractivity contribution >= 4 is 28.3 Å². The minimum atomic E-state index is 0.711. The zero-order valence-electron chi connectivity index (χ0n) is 12.2. The Balaban J connectivity index is 1.91. The Bertz CT molecular complexity index is 776. The summed E-state index contributed by atoms with van der Waals surface area (Å²) in [7, 11) is 0. The van der Waals surface area contributed by atoms with Crippen molar-refractivity contribution in [2.45, 2.75) is 26.8 Å². The third-order valence-corrected chi connectivity index (χ3v) is 4.00. The van der Waals surface area contributed by atoms with E-state index in [0.717, 1.165) is 34.0 Å². The zero-order chi connectivity index (χ0) is 14.8. The fraction of sp³-hybridized carbons (Fsp3) is 0.222. The molecular weight excluding hydrogens is 282 g/mol. The number of halogens is 1. The van der Waals surface area contributed by atoms with Crippen LogP contribution in [0.1, 0.15) is 23.8 Å². The van der Waals surface area contributed by atoms with Gasteiger partial charge in [-0.25, -0.2) is 0 Å². The summed E-state index contributed by atoms with van der Waals surface area (Å²) in [5, 5.41) is 5.34. The highest BCUT2D eigenvalue weighted by Crippen LogP contribution is 2.29. The fourth-order valence-corrected chi connectivity index (χ4v) is 2.88. The molecule has 3 aromatic rings. The van der Waals surface area contributed by atoms with Gasteiger partial charge in [-0.2, -0.15) is 0 Å². The normalized spacial score (nSPS) is 11.0. The Morgan fingerprint density at radius 1 is 1.14 bits per heavy atom. The van der Waals surface area contributed by atoms with E-state index in [9.17, 15) is 0 Å². The molecule has 1 heterocycles. The van der Waals surface area contributed by atoms with Crippen molar-refractivity contribution in [2.24, 2.45) is 0 Å². The predicted octanol–water partition coefficient (Wildman–Crippen LogP) is 5.57. The highest BCUT2D eigenvalue weighted by atomic mass is 35.5. The van der Waals surface area contributed by atoms with Crippen LogP contribution < -0.4 is 5.32 Å². The van der Waals surface area contributed by atoms with Crippen molar-refractivity contribution in [3.63, 3.8) is 0 Å². The van der Waals surface area contributed by atoms with E-state index in [1.807, 2.05) is 37.3 Å². The summed E-state index contributed by atoms with van der Waals surface area (Å²) >= 11 is 6.28. The second-order valence-corrected chi connectivity index (χ2v) is 5.60. The lowest BCUT2D eigenvalue weighted by atomic mass is 10.1. The number of hydrogen-bond donors (Lipinski definition) is 1. The van der Waals surface area contributed by atoms with E-state index in [2.05, 4.69) is 24.4 Å². The molecule has 0 radical (unpaired) electrons. The molecule has 0 aliphatic heterocycles. The number of anilines is 1. The maximum Gasteiger partial charge on any atom is 0.134 e. The average molecular weight is 300 g/mol. The fourth-order valence-electron chi connectivity index (χ4n) is 2.58. The number of aryl methyl sites for hydroxylation is 2. The number of nitrogens with one attached hydrogen (secondary N) is 1. The van der Waals surface area contributed by atoms with Gasteiger partial charge >= 0.3 is 0 Å². The molecule has 0 spiro atoms. The summed E-state index contributed by atoms with van der Waals surface area (Å²) in [5.41, 5.74) is 4.27. The molecule has 0 atom stereocenters. The molecule has 108 valence electrons. The molecule has 0 fully saturated rings. The molecule has 1 N–H and O–H groups in total. The lowest BCUT2D eigenvalue weighted by Gasteiger charge is -2.09. The third-order valence-electron chi connectivity index (χ3n) is 3.68. The Morgan fingerprint density at radius 3 is 2.71 bits per heavy atom. The van der Waals surface area contributed by atoms with Gasteiger partial charge in [-0.05, 0) is 30.7 Å². The molecule has 0 aliphatic carbocycles. The Kier molecular flexibility index (Phi) is 3.89. The minimum Gasteiger partial charge on any atom is -0.461 e. The largest absolute Gasteiger partial charge is 0.461 e. The molecule has 0 saturated heterocycles. The van der Waals surface area contributed by atoms with E-state index in [-0.39, 0.29) is 0 Å².